The van der Waals surface area contributed by atoms with Crippen molar-refractivity contribution in [1.29, 1.82) is 0 Å². The molecular weight excluding hydrogens is 534 g/mol. The molecule has 3 aromatic rings. The SMILES string of the molecule is CNc1nc(C)nc2c1ncn2[C@@H]1O[C@H](COP(=O)(N[C@@H](C)C(=O)OC(C)C)Oc2ccccc2)[C@@H](O)[C@@H]1F. The number of rotatable bonds is 11. The van der Waals surface area contributed by atoms with Gasteiger partial charge in [-0.15, -0.1) is 0 Å². The number of alkyl halides is 1. The van der Waals surface area contributed by atoms with Crippen molar-refractivity contribution in [1.82, 2.24) is 24.6 Å². The fraction of sp³-hybridized carbons (Fsp3) is 0.500. The van der Waals surface area contributed by atoms with E-state index < -0.39 is 57.1 Å². The van der Waals surface area contributed by atoms with Crippen LogP contribution < -0.4 is 14.9 Å². The van der Waals surface area contributed by atoms with Gasteiger partial charge in [-0.25, -0.2) is 23.9 Å². The molecule has 0 radical (unpaired) electrons. The number of aliphatic hydroxyl groups is 1. The lowest BCUT2D eigenvalue weighted by atomic mass is 10.1. The monoisotopic (exact) mass is 566 g/mol. The first-order valence-electron chi connectivity index (χ1n) is 12.4. The van der Waals surface area contributed by atoms with Gasteiger partial charge in [-0.3, -0.25) is 13.9 Å². The van der Waals surface area contributed by atoms with Crippen molar-refractivity contribution in [3.05, 3.63) is 42.5 Å². The number of benzene rings is 1. The van der Waals surface area contributed by atoms with Gasteiger partial charge in [0, 0.05) is 7.05 Å². The zero-order chi connectivity index (χ0) is 28.3. The first-order chi connectivity index (χ1) is 18.5. The topological polar surface area (TPSA) is 159 Å². The molecule has 2 aromatic heterocycles. The van der Waals surface area contributed by atoms with Crippen molar-refractivity contribution in [2.24, 2.45) is 0 Å². The molecule has 1 aliphatic heterocycles. The average Bonchev–Trinajstić information content (AvgIpc) is 3.42. The number of ether oxygens (including phenoxy) is 2. The molecule has 0 spiro atoms. The van der Waals surface area contributed by atoms with Gasteiger partial charge < -0.3 is 24.4 Å². The lowest BCUT2D eigenvalue weighted by Gasteiger charge is -2.25. The normalized spacial score (nSPS) is 23.5. The van der Waals surface area contributed by atoms with Gasteiger partial charge in [0.05, 0.1) is 19.0 Å². The highest BCUT2D eigenvalue weighted by Gasteiger charge is 2.47. The van der Waals surface area contributed by atoms with Crippen molar-refractivity contribution >= 4 is 30.7 Å². The summed E-state index contributed by atoms with van der Waals surface area (Å²) >= 11 is 0. The Kier molecular flexibility index (Phi) is 8.82. The Morgan fingerprint density at radius 2 is 1.97 bits per heavy atom. The smallest absolute Gasteiger partial charge is 0.459 e. The van der Waals surface area contributed by atoms with E-state index in [1.807, 2.05) is 0 Å². The Hall–Kier alpha value is -3.16. The Balaban J connectivity index is 1.52. The molecule has 39 heavy (non-hydrogen) atoms. The fourth-order valence-corrected chi connectivity index (χ4v) is 5.46. The molecule has 0 aliphatic carbocycles. The molecule has 3 N–H and O–H groups in total. The summed E-state index contributed by atoms with van der Waals surface area (Å²) in [5.41, 5.74) is 0.714. The number of aromatic nitrogens is 4. The van der Waals surface area contributed by atoms with E-state index in [9.17, 15) is 14.5 Å². The van der Waals surface area contributed by atoms with Crippen LogP contribution in [0.3, 0.4) is 0 Å². The second-order valence-electron chi connectivity index (χ2n) is 9.23. The molecule has 1 unspecified atom stereocenters. The van der Waals surface area contributed by atoms with Crippen molar-refractivity contribution in [2.45, 2.75) is 64.4 Å². The number of carbonyl (C=O) groups excluding carboxylic acids is 1. The van der Waals surface area contributed by atoms with Crippen LogP contribution in [0.25, 0.3) is 11.2 Å². The molecule has 1 fully saturated rings. The highest BCUT2D eigenvalue weighted by Crippen LogP contribution is 2.46. The van der Waals surface area contributed by atoms with Crippen molar-refractivity contribution < 1.29 is 37.4 Å². The number of nitrogens with zero attached hydrogens (tertiary/aromatic N) is 4. The summed E-state index contributed by atoms with van der Waals surface area (Å²) in [6.45, 7) is 5.96. The molecule has 0 saturated carbocycles. The summed E-state index contributed by atoms with van der Waals surface area (Å²) in [5, 5.41) is 16.1. The highest BCUT2D eigenvalue weighted by atomic mass is 31.2. The van der Waals surface area contributed by atoms with Crippen LogP contribution in [0.1, 0.15) is 32.8 Å². The zero-order valence-electron chi connectivity index (χ0n) is 22.1. The predicted octanol–water partition coefficient (Wildman–Crippen LogP) is 2.91. The average molecular weight is 567 g/mol. The predicted molar refractivity (Wildman–Crippen MR) is 139 cm³/mol. The van der Waals surface area contributed by atoms with Gasteiger partial charge in [0.2, 0.25) is 0 Å². The fourth-order valence-electron chi connectivity index (χ4n) is 3.96. The van der Waals surface area contributed by atoms with Gasteiger partial charge in [0.1, 0.15) is 29.8 Å². The van der Waals surface area contributed by atoms with Crippen molar-refractivity contribution in [3.63, 3.8) is 0 Å². The van der Waals surface area contributed by atoms with Gasteiger partial charge in [0.15, 0.2) is 29.4 Å². The molecule has 15 heteroatoms. The van der Waals surface area contributed by atoms with Gasteiger partial charge in [-0.2, -0.15) is 5.09 Å². The molecule has 1 saturated heterocycles. The molecule has 1 aliphatic rings. The van der Waals surface area contributed by atoms with E-state index in [1.165, 1.54) is 17.8 Å². The summed E-state index contributed by atoms with van der Waals surface area (Å²) in [6.07, 6.45) is -5.09. The third-order valence-electron chi connectivity index (χ3n) is 5.77. The molecule has 3 heterocycles. The van der Waals surface area contributed by atoms with Crippen LogP contribution in [0.15, 0.2) is 36.7 Å². The largest absolute Gasteiger partial charge is 0.462 e. The van der Waals surface area contributed by atoms with Crippen LogP contribution >= 0.6 is 7.75 Å². The van der Waals surface area contributed by atoms with Crippen LogP contribution in [0, 0.1) is 6.92 Å². The number of carbonyl (C=O) groups is 1. The Bertz CT molecular complexity index is 1340. The number of aliphatic hydroxyl groups excluding tert-OH is 1. The maximum absolute atomic E-state index is 15.3. The van der Waals surface area contributed by atoms with Crippen LogP contribution in [0.4, 0.5) is 10.2 Å². The molecule has 0 bridgehead atoms. The first kappa shape index (κ1) is 28.8. The quantitative estimate of drug-likeness (QED) is 0.230. The van der Waals surface area contributed by atoms with Gasteiger partial charge in [-0.05, 0) is 39.8 Å². The number of hydrogen-bond acceptors (Lipinski definition) is 11. The van der Waals surface area contributed by atoms with E-state index in [4.69, 9.17) is 18.5 Å². The number of para-hydroxylation sites is 1. The molecule has 212 valence electrons. The van der Waals surface area contributed by atoms with E-state index in [0.29, 0.717) is 22.8 Å². The van der Waals surface area contributed by atoms with Crippen molar-refractivity contribution in [2.75, 3.05) is 19.0 Å². The number of anilines is 1. The third-order valence-corrected chi connectivity index (χ3v) is 7.42. The Morgan fingerprint density at radius 1 is 1.26 bits per heavy atom. The zero-order valence-corrected chi connectivity index (χ0v) is 23.0. The molecule has 6 atom stereocenters. The number of esters is 1. The Labute approximate surface area is 224 Å². The molecule has 1 aromatic carbocycles. The summed E-state index contributed by atoms with van der Waals surface area (Å²) in [7, 11) is -2.57. The second-order valence-corrected chi connectivity index (χ2v) is 10.9. The summed E-state index contributed by atoms with van der Waals surface area (Å²) in [5.74, 6) is 0.418. The summed E-state index contributed by atoms with van der Waals surface area (Å²) < 4.78 is 52.5. The summed E-state index contributed by atoms with van der Waals surface area (Å²) in [6, 6.07) is 7.11. The lowest BCUT2D eigenvalue weighted by Crippen LogP contribution is -2.37. The van der Waals surface area contributed by atoms with E-state index >= 15 is 4.39 Å². The van der Waals surface area contributed by atoms with E-state index in [2.05, 4.69) is 25.4 Å². The highest BCUT2D eigenvalue weighted by molar-refractivity contribution is 7.52. The second kappa shape index (κ2) is 11.9. The minimum Gasteiger partial charge on any atom is -0.462 e. The number of aryl methyl sites for hydroxylation is 1. The van der Waals surface area contributed by atoms with Crippen LogP contribution in [0.2, 0.25) is 0 Å². The van der Waals surface area contributed by atoms with E-state index in [-0.39, 0.29) is 5.75 Å². The number of fused-ring (bicyclic) bond motifs is 1. The molecule has 0 amide bonds. The standard InChI is InChI=1S/C24H32FN6O7P/c1-13(2)36-24(33)14(3)30-39(34,38-16-9-7-6-8-10-16)35-11-17-20(32)18(25)23(37-17)31-12-27-19-21(26-5)28-15(4)29-22(19)31/h6-10,12-14,17-18,20,23,32H,11H2,1-5H3,(H,30,34)(H,26,28,29)/t14-,17+,18-,20+,23+,39?/m0/s1. The van der Waals surface area contributed by atoms with Crippen LogP contribution in [-0.4, -0.2) is 74.8 Å². The van der Waals surface area contributed by atoms with Gasteiger partial charge >= 0.3 is 13.7 Å². The number of halogens is 1. The number of hydrogen-bond donors (Lipinski definition) is 3. The third kappa shape index (κ3) is 6.53. The maximum Gasteiger partial charge on any atom is 0.459 e. The molecule has 4 rings (SSSR count). The van der Waals surface area contributed by atoms with E-state index in [1.54, 1.807) is 58.2 Å². The number of imidazole rings is 1. The maximum atomic E-state index is 15.3. The number of nitrogens with one attached hydrogen (secondary N) is 2. The van der Waals surface area contributed by atoms with Crippen LogP contribution in [0.5, 0.6) is 5.75 Å². The lowest BCUT2D eigenvalue weighted by molar-refractivity contribution is -0.149. The van der Waals surface area contributed by atoms with Gasteiger partial charge in [0.25, 0.3) is 0 Å². The van der Waals surface area contributed by atoms with E-state index in [0.717, 1.165) is 0 Å². The van der Waals surface area contributed by atoms with Crippen molar-refractivity contribution in [3.8, 4) is 5.75 Å². The van der Waals surface area contributed by atoms with Gasteiger partial charge in [-0.1, -0.05) is 18.2 Å². The minimum atomic E-state index is -4.24. The van der Waals surface area contributed by atoms with Crippen LogP contribution in [-0.2, 0) is 23.4 Å². The molecular formula is C24H32FN6O7P. The minimum absolute atomic E-state index is 0.201. The molecule has 13 nitrogen and oxygen atoms in total. The Morgan fingerprint density at radius 3 is 2.64 bits per heavy atom. The first-order valence-corrected chi connectivity index (χ1v) is 13.9. The summed E-state index contributed by atoms with van der Waals surface area (Å²) in [4.78, 5) is 25.2.